The van der Waals surface area contributed by atoms with Crippen LogP contribution in [0.3, 0.4) is 0 Å². The highest BCUT2D eigenvalue weighted by Gasteiger charge is 2.21. The number of rotatable bonds is 7. The van der Waals surface area contributed by atoms with Crippen molar-refractivity contribution in [2.24, 2.45) is 5.92 Å². The Morgan fingerprint density at radius 1 is 1.56 bits per heavy atom. The number of hydrogen-bond acceptors (Lipinski definition) is 4. The van der Waals surface area contributed by atoms with Crippen LogP contribution in [0.25, 0.3) is 0 Å². The Morgan fingerprint density at radius 3 is 2.89 bits per heavy atom. The predicted molar refractivity (Wildman–Crippen MR) is 77.0 cm³/mol. The molecule has 0 spiro atoms. The topological polar surface area (TPSA) is 41.6 Å². The van der Waals surface area contributed by atoms with E-state index >= 15 is 0 Å². The van der Waals surface area contributed by atoms with Crippen LogP contribution in [0.2, 0.25) is 0 Å². The van der Waals surface area contributed by atoms with Crippen LogP contribution in [0.4, 0.5) is 0 Å². The van der Waals surface area contributed by atoms with E-state index in [0.29, 0.717) is 31.5 Å². The summed E-state index contributed by atoms with van der Waals surface area (Å²) < 4.78 is 5.08. The summed E-state index contributed by atoms with van der Waals surface area (Å²) >= 11 is 1.93. The lowest BCUT2D eigenvalue weighted by Crippen LogP contribution is -2.44. The van der Waals surface area contributed by atoms with Crippen molar-refractivity contribution in [1.82, 2.24) is 10.2 Å². The van der Waals surface area contributed by atoms with E-state index < -0.39 is 0 Å². The Bertz CT molecular complexity index is 243. The molecular formula is C13H26N2O2S. The first-order valence-corrected chi connectivity index (χ1v) is 7.86. The molecule has 4 nitrogen and oxygen atoms in total. The van der Waals surface area contributed by atoms with E-state index in [1.807, 2.05) is 16.7 Å². The first kappa shape index (κ1) is 15.8. The SMILES string of the molecule is COCCN(CC(C)C)C(=O)CC1CSCCN1. The molecule has 0 aromatic heterocycles. The summed E-state index contributed by atoms with van der Waals surface area (Å²) in [7, 11) is 1.68. The van der Waals surface area contributed by atoms with Gasteiger partial charge in [-0.05, 0) is 5.92 Å². The van der Waals surface area contributed by atoms with Gasteiger partial charge in [0, 0.05) is 50.7 Å². The first-order valence-electron chi connectivity index (χ1n) is 6.71. The smallest absolute Gasteiger partial charge is 0.224 e. The van der Waals surface area contributed by atoms with Crippen LogP contribution in [0.15, 0.2) is 0 Å². The third-order valence-corrected chi connectivity index (χ3v) is 4.05. The molecule has 1 N–H and O–H groups in total. The number of ether oxygens (including phenoxy) is 1. The fourth-order valence-electron chi connectivity index (χ4n) is 2.05. The fraction of sp³-hybridized carbons (Fsp3) is 0.923. The van der Waals surface area contributed by atoms with Crippen molar-refractivity contribution in [3.8, 4) is 0 Å². The van der Waals surface area contributed by atoms with Crippen molar-refractivity contribution in [1.29, 1.82) is 0 Å². The number of thioether (sulfide) groups is 1. The second-order valence-corrected chi connectivity index (χ2v) is 6.31. The van der Waals surface area contributed by atoms with Crippen LogP contribution in [0.5, 0.6) is 0 Å². The van der Waals surface area contributed by atoms with E-state index in [-0.39, 0.29) is 5.91 Å². The monoisotopic (exact) mass is 274 g/mol. The molecular weight excluding hydrogens is 248 g/mol. The summed E-state index contributed by atoms with van der Waals surface area (Å²) in [6.45, 7) is 7.44. The minimum absolute atomic E-state index is 0.251. The number of carbonyl (C=O) groups is 1. The minimum Gasteiger partial charge on any atom is -0.383 e. The minimum atomic E-state index is 0.251. The molecule has 0 bridgehead atoms. The highest BCUT2D eigenvalue weighted by molar-refractivity contribution is 7.99. The van der Waals surface area contributed by atoms with Gasteiger partial charge >= 0.3 is 0 Å². The molecule has 1 fully saturated rings. The third kappa shape index (κ3) is 6.07. The molecule has 18 heavy (non-hydrogen) atoms. The quantitative estimate of drug-likeness (QED) is 0.758. The van der Waals surface area contributed by atoms with E-state index in [1.54, 1.807) is 7.11 Å². The molecule has 1 rings (SSSR count). The normalized spacial score (nSPS) is 20.1. The van der Waals surface area contributed by atoms with Gasteiger partial charge < -0.3 is 15.0 Å². The average molecular weight is 274 g/mol. The summed E-state index contributed by atoms with van der Waals surface area (Å²) in [5.74, 6) is 2.95. The lowest BCUT2D eigenvalue weighted by Gasteiger charge is -2.28. The number of nitrogens with one attached hydrogen (secondary N) is 1. The van der Waals surface area contributed by atoms with Crippen molar-refractivity contribution >= 4 is 17.7 Å². The maximum atomic E-state index is 12.3. The Hall–Kier alpha value is -0.260. The van der Waals surface area contributed by atoms with Gasteiger partial charge in [-0.15, -0.1) is 0 Å². The molecule has 1 unspecified atom stereocenters. The highest BCUT2D eigenvalue weighted by Crippen LogP contribution is 2.12. The van der Waals surface area contributed by atoms with Gasteiger partial charge in [0.1, 0.15) is 0 Å². The molecule has 106 valence electrons. The average Bonchev–Trinajstić information content (AvgIpc) is 2.35. The second kappa shape index (κ2) is 8.77. The molecule has 1 saturated heterocycles. The van der Waals surface area contributed by atoms with Crippen molar-refractivity contribution in [3.63, 3.8) is 0 Å². The van der Waals surface area contributed by atoms with E-state index in [1.165, 1.54) is 0 Å². The summed E-state index contributed by atoms with van der Waals surface area (Å²) in [5, 5.41) is 3.41. The van der Waals surface area contributed by atoms with E-state index in [0.717, 1.165) is 24.6 Å². The second-order valence-electron chi connectivity index (χ2n) is 5.16. The van der Waals surface area contributed by atoms with Gasteiger partial charge in [0.05, 0.1) is 6.61 Å². The number of hydrogen-bond donors (Lipinski definition) is 1. The summed E-state index contributed by atoms with van der Waals surface area (Å²) in [6.07, 6.45) is 0.615. The van der Waals surface area contributed by atoms with Gasteiger partial charge in [0.2, 0.25) is 5.91 Å². The number of methoxy groups -OCH3 is 1. The van der Waals surface area contributed by atoms with Crippen molar-refractivity contribution in [2.75, 3.05) is 44.9 Å². The number of carbonyl (C=O) groups excluding carboxylic acids is 1. The Kier molecular flexibility index (Phi) is 7.70. The van der Waals surface area contributed by atoms with Crippen LogP contribution in [0, 0.1) is 5.92 Å². The molecule has 1 heterocycles. The standard InChI is InChI=1S/C13H26N2O2S/c1-11(2)9-15(5-6-17-3)13(16)8-12-10-18-7-4-14-12/h11-12,14H,4-10H2,1-3H3. The van der Waals surface area contributed by atoms with Gasteiger partial charge in [-0.1, -0.05) is 13.8 Å². The van der Waals surface area contributed by atoms with E-state index in [2.05, 4.69) is 19.2 Å². The third-order valence-electron chi connectivity index (χ3n) is 2.92. The molecule has 1 amide bonds. The molecule has 1 aliphatic heterocycles. The lowest BCUT2D eigenvalue weighted by molar-refractivity contribution is -0.132. The van der Waals surface area contributed by atoms with Crippen molar-refractivity contribution in [3.05, 3.63) is 0 Å². The van der Waals surface area contributed by atoms with Gasteiger partial charge in [0.15, 0.2) is 0 Å². The molecule has 0 aliphatic carbocycles. The van der Waals surface area contributed by atoms with Crippen LogP contribution >= 0.6 is 11.8 Å². The Morgan fingerprint density at radius 2 is 2.33 bits per heavy atom. The molecule has 5 heteroatoms. The van der Waals surface area contributed by atoms with Gasteiger partial charge in [-0.25, -0.2) is 0 Å². The first-order chi connectivity index (χ1) is 8.63. The van der Waals surface area contributed by atoms with Gasteiger partial charge in [-0.3, -0.25) is 4.79 Å². The molecule has 0 aromatic rings. The molecule has 0 aromatic carbocycles. The Balaban J connectivity index is 2.40. The molecule has 0 saturated carbocycles. The molecule has 1 aliphatic rings. The summed E-state index contributed by atoms with van der Waals surface area (Å²) in [5.41, 5.74) is 0. The maximum absolute atomic E-state index is 12.3. The van der Waals surface area contributed by atoms with Crippen LogP contribution in [0.1, 0.15) is 20.3 Å². The van der Waals surface area contributed by atoms with Crippen LogP contribution in [-0.4, -0.2) is 61.7 Å². The lowest BCUT2D eigenvalue weighted by atomic mass is 10.1. The van der Waals surface area contributed by atoms with Crippen LogP contribution < -0.4 is 5.32 Å². The Labute approximate surface area is 115 Å². The van der Waals surface area contributed by atoms with Crippen molar-refractivity contribution < 1.29 is 9.53 Å². The molecule has 1 atom stereocenters. The van der Waals surface area contributed by atoms with Crippen molar-refractivity contribution in [2.45, 2.75) is 26.3 Å². The maximum Gasteiger partial charge on any atom is 0.224 e. The zero-order valence-electron chi connectivity index (χ0n) is 11.8. The largest absolute Gasteiger partial charge is 0.383 e. The summed E-state index contributed by atoms with van der Waals surface area (Å²) in [6, 6.07) is 0.341. The number of amides is 1. The summed E-state index contributed by atoms with van der Waals surface area (Å²) in [4.78, 5) is 14.2. The van der Waals surface area contributed by atoms with Gasteiger partial charge in [0.25, 0.3) is 0 Å². The predicted octanol–water partition coefficient (Wildman–Crippen LogP) is 1.21. The molecule has 0 radical (unpaired) electrons. The zero-order valence-corrected chi connectivity index (χ0v) is 12.6. The van der Waals surface area contributed by atoms with Gasteiger partial charge in [-0.2, -0.15) is 11.8 Å². The van der Waals surface area contributed by atoms with Crippen LogP contribution in [-0.2, 0) is 9.53 Å². The highest BCUT2D eigenvalue weighted by atomic mass is 32.2. The van der Waals surface area contributed by atoms with E-state index in [4.69, 9.17) is 4.74 Å². The zero-order chi connectivity index (χ0) is 13.4. The number of nitrogens with zero attached hydrogens (tertiary/aromatic N) is 1. The van der Waals surface area contributed by atoms with E-state index in [9.17, 15) is 4.79 Å². The fourth-order valence-corrected chi connectivity index (χ4v) is 3.00.